The van der Waals surface area contributed by atoms with Gasteiger partial charge in [0.15, 0.2) is 0 Å². The Balaban J connectivity index is 2.30. The van der Waals surface area contributed by atoms with E-state index in [0.717, 1.165) is 21.5 Å². The summed E-state index contributed by atoms with van der Waals surface area (Å²) in [6, 6.07) is 5.48. The second kappa shape index (κ2) is 5.43. The normalized spacial score (nSPS) is 10.8. The Kier molecular flexibility index (Phi) is 4.06. The highest BCUT2D eigenvalue weighted by molar-refractivity contribution is 9.10. The number of hydrogen-bond acceptors (Lipinski definition) is 3. The van der Waals surface area contributed by atoms with Gasteiger partial charge in [0, 0.05) is 19.1 Å². The number of nitrogen functional groups attached to an aromatic ring is 1. The first-order valence-corrected chi connectivity index (χ1v) is 7.01. The molecule has 1 heterocycles. The first kappa shape index (κ1) is 14.2. The Bertz CT molecular complexity index is 609. The fourth-order valence-corrected chi connectivity index (χ4v) is 2.64. The van der Waals surface area contributed by atoms with Gasteiger partial charge in [0.25, 0.3) is 0 Å². The average molecular weight is 344 g/mol. The van der Waals surface area contributed by atoms with Crippen molar-refractivity contribution in [3.05, 3.63) is 39.1 Å². The van der Waals surface area contributed by atoms with E-state index in [1.165, 1.54) is 0 Å². The van der Waals surface area contributed by atoms with Gasteiger partial charge in [0.2, 0.25) is 0 Å². The van der Waals surface area contributed by atoms with Crippen molar-refractivity contribution in [2.75, 3.05) is 17.7 Å². The van der Waals surface area contributed by atoms with Crippen LogP contribution in [0.5, 0.6) is 0 Å². The molecule has 0 fully saturated rings. The molecule has 0 spiro atoms. The Labute approximate surface area is 126 Å². The first-order valence-electron chi connectivity index (χ1n) is 5.84. The summed E-state index contributed by atoms with van der Waals surface area (Å²) in [6.07, 6.45) is 0. The van der Waals surface area contributed by atoms with E-state index in [0.29, 0.717) is 17.3 Å². The standard InChI is InChI=1S/C13H16BrClN4/c1-8-13(14)12(19(3)17-8)7-18(2)11-6-9(15)4-5-10(11)16/h4-6H,7,16H2,1-3H3. The van der Waals surface area contributed by atoms with E-state index in [-0.39, 0.29) is 0 Å². The van der Waals surface area contributed by atoms with Crippen LogP contribution in [-0.2, 0) is 13.6 Å². The topological polar surface area (TPSA) is 47.1 Å². The van der Waals surface area contributed by atoms with Gasteiger partial charge < -0.3 is 10.6 Å². The lowest BCUT2D eigenvalue weighted by Gasteiger charge is -2.21. The predicted octanol–water partition coefficient (Wildman–Crippen LogP) is 3.36. The van der Waals surface area contributed by atoms with Gasteiger partial charge in [-0.1, -0.05) is 11.6 Å². The number of aryl methyl sites for hydroxylation is 2. The molecule has 1 aromatic carbocycles. The van der Waals surface area contributed by atoms with E-state index in [1.807, 2.05) is 37.8 Å². The van der Waals surface area contributed by atoms with Gasteiger partial charge in [0.05, 0.1) is 33.8 Å². The third-order valence-corrected chi connectivity index (χ3v) is 4.32. The first-order chi connectivity index (χ1) is 8.90. The van der Waals surface area contributed by atoms with E-state index < -0.39 is 0 Å². The maximum absolute atomic E-state index is 6.02. The summed E-state index contributed by atoms with van der Waals surface area (Å²) >= 11 is 9.59. The van der Waals surface area contributed by atoms with Gasteiger partial charge in [-0.3, -0.25) is 4.68 Å². The number of nitrogens with zero attached hydrogens (tertiary/aromatic N) is 3. The number of nitrogens with two attached hydrogens (primary N) is 1. The molecule has 0 unspecified atom stereocenters. The largest absolute Gasteiger partial charge is 0.397 e. The van der Waals surface area contributed by atoms with Crippen molar-refractivity contribution in [1.82, 2.24) is 9.78 Å². The highest BCUT2D eigenvalue weighted by Crippen LogP contribution is 2.29. The molecule has 2 aromatic rings. The third kappa shape index (κ3) is 2.87. The molecule has 19 heavy (non-hydrogen) atoms. The Hall–Kier alpha value is -1.20. The molecule has 0 saturated heterocycles. The molecule has 0 radical (unpaired) electrons. The number of aromatic nitrogens is 2. The van der Waals surface area contributed by atoms with E-state index >= 15 is 0 Å². The van der Waals surface area contributed by atoms with Crippen LogP contribution in [0, 0.1) is 6.92 Å². The second-order valence-corrected chi connectivity index (χ2v) is 5.76. The minimum atomic E-state index is 0.677. The molecule has 0 atom stereocenters. The molecular formula is C13H16BrClN4. The summed E-state index contributed by atoms with van der Waals surface area (Å²) in [7, 11) is 3.92. The zero-order valence-electron chi connectivity index (χ0n) is 11.1. The number of rotatable bonds is 3. The van der Waals surface area contributed by atoms with Crippen LogP contribution in [0.3, 0.4) is 0 Å². The third-order valence-electron chi connectivity index (χ3n) is 3.05. The monoisotopic (exact) mass is 342 g/mol. The Morgan fingerprint density at radius 1 is 1.47 bits per heavy atom. The summed E-state index contributed by atoms with van der Waals surface area (Å²) in [5, 5.41) is 5.06. The lowest BCUT2D eigenvalue weighted by molar-refractivity contribution is 0.693. The second-order valence-electron chi connectivity index (χ2n) is 4.53. The van der Waals surface area contributed by atoms with Crippen molar-refractivity contribution in [1.29, 1.82) is 0 Å². The van der Waals surface area contributed by atoms with Crippen molar-refractivity contribution in [3.63, 3.8) is 0 Å². The van der Waals surface area contributed by atoms with Crippen molar-refractivity contribution in [2.45, 2.75) is 13.5 Å². The number of halogens is 2. The Morgan fingerprint density at radius 2 is 2.16 bits per heavy atom. The van der Waals surface area contributed by atoms with Gasteiger partial charge in [-0.25, -0.2) is 0 Å². The fourth-order valence-electron chi connectivity index (χ4n) is 2.01. The van der Waals surface area contributed by atoms with Crippen molar-refractivity contribution >= 4 is 38.9 Å². The molecule has 0 aliphatic rings. The summed E-state index contributed by atoms with van der Waals surface area (Å²) in [4.78, 5) is 2.06. The highest BCUT2D eigenvalue weighted by atomic mass is 79.9. The molecule has 4 nitrogen and oxygen atoms in total. The van der Waals surface area contributed by atoms with E-state index in [1.54, 1.807) is 6.07 Å². The Morgan fingerprint density at radius 3 is 2.74 bits per heavy atom. The van der Waals surface area contributed by atoms with Crippen LogP contribution in [0.4, 0.5) is 11.4 Å². The zero-order valence-corrected chi connectivity index (χ0v) is 13.5. The van der Waals surface area contributed by atoms with Crippen molar-refractivity contribution in [2.24, 2.45) is 7.05 Å². The molecule has 0 amide bonds. The molecule has 0 aliphatic carbocycles. The maximum atomic E-state index is 6.02. The molecule has 0 bridgehead atoms. The predicted molar refractivity (Wildman–Crippen MR) is 83.6 cm³/mol. The van der Waals surface area contributed by atoms with Crippen LogP contribution in [-0.4, -0.2) is 16.8 Å². The molecule has 0 saturated carbocycles. The molecule has 6 heteroatoms. The van der Waals surface area contributed by atoms with Crippen LogP contribution in [0.1, 0.15) is 11.4 Å². The number of anilines is 2. The number of benzene rings is 1. The number of hydrogen-bond donors (Lipinski definition) is 1. The minimum absolute atomic E-state index is 0.677. The van der Waals surface area contributed by atoms with Gasteiger partial charge >= 0.3 is 0 Å². The van der Waals surface area contributed by atoms with Crippen LogP contribution >= 0.6 is 27.5 Å². The zero-order chi connectivity index (χ0) is 14.2. The van der Waals surface area contributed by atoms with E-state index in [9.17, 15) is 0 Å². The molecule has 102 valence electrons. The smallest absolute Gasteiger partial charge is 0.0739 e. The van der Waals surface area contributed by atoms with Gasteiger partial charge in [-0.2, -0.15) is 5.10 Å². The fraction of sp³-hybridized carbons (Fsp3) is 0.308. The quantitative estimate of drug-likeness (QED) is 0.869. The lowest BCUT2D eigenvalue weighted by atomic mass is 10.2. The molecule has 0 aliphatic heterocycles. The summed E-state index contributed by atoms with van der Waals surface area (Å²) < 4.78 is 2.90. The molecule has 2 rings (SSSR count). The van der Waals surface area contributed by atoms with Crippen LogP contribution in [0.15, 0.2) is 22.7 Å². The SMILES string of the molecule is Cc1nn(C)c(CN(C)c2cc(Cl)ccc2N)c1Br. The van der Waals surface area contributed by atoms with Crippen molar-refractivity contribution < 1.29 is 0 Å². The average Bonchev–Trinajstić information content (AvgIpc) is 2.59. The van der Waals surface area contributed by atoms with Crippen LogP contribution in [0.2, 0.25) is 5.02 Å². The van der Waals surface area contributed by atoms with Crippen molar-refractivity contribution in [3.8, 4) is 0 Å². The maximum Gasteiger partial charge on any atom is 0.0739 e. The lowest BCUT2D eigenvalue weighted by Crippen LogP contribution is -2.20. The summed E-state index contributed by atoms with van der Waals surface area (Å²) in [5.41, 5.74) is 9.69. The van der Waals surface area contributed by atoms with Gasteiger partial charge in [-0.15, -0.1) is 0 Å². The van der Waals surface area contributed by atoms with Crippen LogP contribution < -0.4 is 10.6 Å². The molecular weight excluding hydrogens is 328 g/mol. The van der Waals surface area contributed by atoms with Crippen LogP contribution in [0.25, 0.3) is 0 Å². The van der Waals surface area contributed by atoms with E-state index in [4.69, 9.17) is 17.3 Å². The molecule has 1 aromatic heterocycles. The summed E-state index contributed by atoms with van der Waals surface area (Å²) in [5.74, 6) is 0. The summed E-state index contributed by atoms with van der Waals surface area (Å²) in [6.45, 7) is 2.67. The van der Waals surface area contributed by atoms with E-state index in [2.05, 4.69) is 25.9 Å². The highest BCUT2D eigenvalue weighted by Gasteiger charge is 2.14. The molecule has 2 N–H and O–H groups in total. The minimum Gasteiger partial charge on any atom is -0.397 e. The van der Waals surface area contributed by atoms with Gasteiger partial charge in [0.1, 0.15) is 0 Å². The van der Waals surface area contributed by atoms with Gasteiger partial charge in [-0.05, 0) is 41.1 Å².